The Morgan fingerprint density at radius 1 is 0.857 bits per heavy atom. The zero-order chi connectivity index (χ0) is 19.2. The lowest BCUT2D eigenvalue weighted by molar-refractivity contribution is 0.192. The fraction of sp³-hybridized carbons (Fsp3) is 0.160. The molecule has 3 nitrogen and oxygen atoms in total. The van der Waals surface area contributed by atoms with Gasteiger partial charge in [-0.25, -0.2) is 0 Å². The maximum absolute atomic E-state index is 11.9. The van der Waals surface area contributed by atoms with E-state index in [1.165, 1.54) is 17.9 Å². The Bertz CT molecular complexity index is 1080. The Balaban J connectivity index is 1.53. The van der Waals surface area contributed by atoms with Crippen molar-refractivity contribution < 1.29 is 9.15 Å². The summed E-state index contributed by atoms with van der Waals surface area (Å²) >= 11 is 0. The first-order valence-electron chi connectivity index (χ1n) is 9.57. The molecule has 140 valence electrons. The van der Waals surface area contributed by atoms with Crippen molar-refractivity contribution in [1.82, 2.24) is 0 Å². The molecule has 0 fully saturated rings. The lowest BCUT2D eigenvalue weighted by Gasteiger charge is -2.20. The molecule has 0 saturated carbocycles. The van der Waals surface area contributed by atoms with Crippen LogP contribution < -0.4 is 10.2 Å². The van der Waals surface area contributed by atoms with Crippen LogP contribution in [-0.4, -0.2) is 0 Å². The molecule has 4 rings (SSSR count). The minimum Gasteiger partial charge on any atom is -0.486 e. The van der Waals surface area contributed by atoms with Crippen molar-refractivity contribution in [2.75, 3.05) is 0 Å². The van der Waals surface area contributed by atoms with Gasteiger partial charge in [0.2, 0.25) is 0 Å². The third kappa shape index (κ3) is 4.32. The fourth-order valence-electron chi connectivity index (χ4n) is 3.40. The molecule has 0 aliphatic carbocycles. The molecule has 1 atom stereocenters. The number of aryl methyl sites for hydroxylation is 1. The number of rotatable bonds is 7. The van der Waals surface area contributed by atoms with E-state index in [2.05, 4.69) is 36.4 Å². The largest absolute Gasteiger partial charge is 0.486 e. The lowest BCUT2D eigenvalue weighted by atomic mass is 10.0. The predicted octanol–water partition coefficient (Wildman–Crippen LogP) is 5.94. The number of ether oxygens (including phenoxy) is 1. The molecular formula is C25H22O3. The minimum atomic E-state index is -0.0576. The molecule has 0 bridgehead atoms. The second kappa shape index (κ2) is 8.57. The first-order valence-corrected chi connectivity index (χ1v) is 9.57. The molecule has 1 aromatic heterocycles. The first kappa shape index (κ1) is 18.1. The summed E-state index contributed by atoms with van der Waals surface area (Å²) in [4.78, 5) is 11.9. The van der Waals surface area contributed by atoms with Crippen LogP contribution in [0, 0.1) is 0 Å². The molecule has 0 saturated heterocycles. The SMILES string of the molecule is O=c1ccoc2cc(OC(CCCc3ccccc3)c3ccccc3)ccc12. The highest BCUT2D eigenvalue weighted by Gasteiger charge is 2.14. The zero-order valence-corrected chi connectivity index (χ0v) is 15.6. The molecule has 1 heterocycles. The van der Waals surface area contributed by atoms with Gasteiger partial charge in [0.15, 0.2) is 5.43 Å². The normalized spacial score (nSPS) is 12.0. The van der Waals surface area contributed by atoms with E-state index in [-0.39, 0.29) is 11.5 Å². The summed E-state index contributed by atoms with van der Waals surface area (Å²) in [6.07, 6.45) is 4.29. The van der Waals surface area contributed by atoms with Crippen LogP contribution in [0.15, 0.2) is 100 Å². The van der Waals surface area contributed by atoms with Gasteiger partial charge in [-0.05, 0) is 42.5 Å². The summed E-state index contributed by atoms with van der Waals surface area (Å²) in [7, 11) is 0. The Kier molecular flexibility index (Phi) is 5.53. The number of hydrogen-bond donors (Lipinski definition) is 0. The topological polar surface area (TPSA) is 39.4 Å². The van der Waals surface area contributed by atoms with E-state index in [0.717, 1.165) is 24.8 Å². The molecule has 0 radical (unpaired) electrons. The highest BCUT2D eigenvalue weighted by atomic mass is 16.5. The Morgan fingerprint density at radius 3 is 2.39 bits per heavy atom. The molecule has 1 unspecified atom stereocenters. The third-order valence-corrected chi connectivity index (χ3v) is 4.86. The second-order valence-corrected chi connectivity index (χ2v) is 6.84. The van der Waals surface area contributed by atoms with Crippen molar-refractivity contribution in [3.63, 3.8) is 0 Å². The highest BCUT2D eigenvalue weighted by molar-refractivity contribution is 5.77. The van der Waals surface area contributed by atoms with Crippen LogP contribution >= 0.6 is 0 Å². The maximum atomic E-state index is 11.9. The van der Waals surface area contributed by atoms with Gasteiger partial charge in [-0.3, -0.25) is 4.79 Å². The number of fused-ring (bicyclic) bond motifs is 1. The molecule has 0 N–H and O–H groups in total. The predicted molar refractivity (Wildman–Crippen MR) is 112 cm³/mol. The van der Waals surface area contributed by atoms with Crippen LogP contribution in [-0.2, 0) is 6.42 Å². The van der Waals surface area contributed by atoms with Crippen molar-refractivity contribution in [1.29, 1.82) is 0 Å². The van der Waals surface area contributed by atoms with E-state index in [0.29, 0.717) is 16.7 Å². The molecule has 0 aliphatic heterocycles. The van der Waals surface area contributed by atoms with Gasteiger partial charge in [0.1, 0.15) is 17.4 Å². The standard InChI is InChI=1S/C25H22O3/c26-23-16-17-27-25-18-21(14-15-22(23)25)28-24(20-11-5-2-6-12-20)13-7-10-19-8-3-1-4-9-19/h1-6,8-9,11-12,14-18,24H,7,10,13H2. The Hall–Kier alpha value is -3.33. The highest BCUT2D eigenvalue weighted by Crippen LogP contribution is 2.28. The smallest absolute Gasteiger partial charge is 0.192 e. The average Bonchev–Trinajstić information content (AvgIpc) is 2.74. The molecule has 0 aliphatic rings. The van der Waals surface area contributed by atoms with Crippen LogP contribution in [0.4, 0.5) is 0 Å². The zero-order valence-electron chi connectivity index (χ0n) is 15.6. The van der Waals surface area contributed by atoms with E-state index in [4.69, 9.17) is 9.15 Å². The summed E-state index contributed by atoms with van der Waals surface area (Å²) in [5.41, 5.74) is 2.98. The minimum absolute atomic E-state index is 0.0460. The van der Waals surface area contributed by atoms with E-state index < -0.39 is 0 Å². The fourth-order valence-corrected chi connectivity index (χ4v) is 3.40. The van der Waals surface area contributed by atoms with Crippen molar-refractivity contribution in [3.05, 3.63) is 113 Å². The molecule has 3 heteroatoms. The van der Waals surface area contributed by atoms with Gasteiger partial charge in [-0.2, -0.15) is 0 Å². The van der Waals surface area contributed by atoms with Gasteiger partial charge in [-0.1, -0.05) is 60.7 Å². The molecular weight excluding hydrogens is 348 g/mol. The van der Waals surface area contributed by atoms with E-state index in [9.17, 15) is 4.79 Å². The van der Waals surface area contributed by atoms with Gasteiger partial charge in [0, 0.05) is 12.1 Å². The van der Waals surface area contributed by atoms with Crippen molar-refractivity contribution >= 4 is 11.0 Å². The van der Waals surface area contributed by atoms with Crippen LogP contribution in [0.1, 0.15) is 30.1 Å². The van der Waals surface area contributed by atoms with Crippen molar-refractivity contribution in [2.24, 2.45) is 0 Å². The van der Waals surface area contributed by atoms with Crippen molar-refractivity contribution in [2.45, 2.75) is 25.4 Å². The van der Waals surface area contributed by atoms with E-state index in [1.807, 2.05) is 30.3 Å². The summed E-state index contributed by atoms with van der Waals surface area (Å²) in [5, 5.41) is 0.565. The van der Waals surface area contributed by atoms with Crippen molar-refractivity contribution in [3.8, 4) is 5.75 Å². The lowest BCUT2D eigenvalue weighted by Crippen LogP contribution is -2.08. The summed E-state index contributed by atoms with van der Waals surface area (Å²) in [6, 6.07) is 27.6. The second-order valence-electron chi connectivity index (χ2n) is 6.84. The summed E-state index contributed by atoms with van der Waals surface area (Å²) < 4.78 is 11.8. The third-order valence-electron chi connectivity index (χ3n) is 4.86. The van der Waals surface area contributed by atoms with Gasteiger partial charge in [0.05, 0.1) is 11.6 Å². The molecule has 3 aromatic carbocycles. The van der Waals surface area contributed by atoms with E-state index >= 15 is 0 Å². The van der Waals surface area contributed by atoms with Crippen LogP contribution in [0.5, 0.6) is 5.75 Å². The average molecular weight is 370 g/mol. The molecule has 4 aromatic rings. The van der Waals surface area contributed by atoms with Gasteiger partial charge < -0.3 is 9.15 Å². The molecule has 0 spiro atoms. The monoisotopic (exact) mass is 370 g/mol. The number of hydrogen-bond acceptors (Lipinski definition) is 3. The number of benzene rings is 3. The van der Waals surface area contributed by atoms with Crippen LogP contribution in [0.25, 0.3) is 11.0 Å². The first-order chi connectivity index (χ1) is 13.8. The quantitative estimate of drug-likeness (QED) is 0.404. The maximum Gasteiger partial charge on any atom is 0.192 e. The Labute approximate surface area is 164 Å². The van der Waals surface area contributed by atoms with Gasteiger partial charge >= 0.3 is 0 Å². The van der Waals surface area contributed by atoms with Crippen LogP contribution in [0.3, 0.4) is 0 Å². The molecule has 0 amide bonds. The summed E-state index contributed by atoms with van der Waals surface area (Å²) in [5.74, 6) is 0.704. The molecule has 28 heavy (non-hydrogen) atoms. The van der Waals surface area contributed by atoms with Gasteiger partial charge in [0.25, 0.3) is 0 Å². The Morgan fingerprint density at radius 2 is 1.61 bits per heavy atom. The van der Waals surface area contributed by atoms with Gasteiger partial charge in [-0.15, -0.1) is 0 Å². The summed E-state index contributed by atoms with van der Waals surface area (Å²) in [6.45, 7) is 0. The van der Waals surface area contributed by atoms with Crippen LogP contribution in [0.2, 0.25) is 0 Å². The van der Waals surface area contributed by atoms with E-state index in [1.54, 1.807) is 12.1 Å².